The standard InChI is InChI=1S/C42H37BN2O/c1-26-16-27(2)20-33(19-26)44(34-21-28(3)17-29(4)22-34)35-24-38-42-40(25-35)46-39-15-11-10-14-36(39)43(42)41-31(6)18-30(5)23-37(41)45(38)32-12-8-7-9-13-32/h7-25H,1-6H3. The monoisotopic (exact) mass is 596 g/mol. The lowest BCUT2D eigenvalue weighted by Crippen LogP contribution is -2.60. The number of hydrogen-bond acceptors (Lipinski definition) is 3. The van der Waals surface area contributed by atoms with Crippen molar-refractivity contribution in [2.75, 3.05) is 9.80 Å². The number of nitrogens with zero attached hydrogens (tertiary/aromatic N) is 2. The molecule has 3 nitrogen and oxygen atoms in total. The highest BCUT2D eigenvalue weighted by atomic mass is 16.5. The molecule has 2 aliphatic rings. The van der Waals surface area contributed by atoms with Crippen LogP contribution in [0.4, 0.5) is 34.1 Å². The molecule has 0 amide bonds. The average molecular weight is 597 g/mol. The summed E-state index contributed by atoms with van der Waals surface area (Å²) < 4.78 is 6.89. The number of benzene rings is 6. The molecule has 2 heterocycles. The predicted octanol–water partition coefficient (Wildman–Crippen LogP) is 9.41. The zero-order valence-corrected chi connectivity index (χ0v) is 27.3. The summed E-state index contributed by atoms with van der Waals surface area (Å²) >= 11 is 0. The van der Waals surface area contributed by atoms with Gasteiger partial charge in [0.05, 0.1) is 5.69 Å². The Morgan fingerprint density at radius 2 is 1.04 bits per heavy atom. The van der Waals surface area contributed by atoms with Crippen molar-refractivity contribution in [3.8, 4) is 11.5 Å². The number of hydrogen-bond donors (Lipinski definition) is 0. The molecule has 0 bridgehead atoms. The summed E-state index contributed by atoms with van der Waals surface area (Å²) in [6, 6.07) is 42.3. The SMILES string of the molecule is Cc1cc(C)cc(N(c2cc(C)cc(C)c2)c2cc3c4c(c2)N(c2ccccc2)c2cc(C)cc(C)c2B4c2ccccc2O3)c1. The quantitative estimate of drug-likeness (QED) is 0.188. The highest BCUT2D eigenvalue weighted by Gasteiger charge is 2.43. The minimum Gasteiger partial charge on any atom is -0.458 e. The second-order valence-electron chi connectivity index (χ2n) is 13.2. The van der Waals surface area contributed by atoms with E-state index >= 15 is 0 Å². The molecule has 0 radical (unpaired) electrons. The molecule has 0 unspecified atom stereocenters. The Balaban J connectivity index is 1.47. The van der Waals surface area contributed by atoms with Crippen LogP contribution < -0.4 is 30.9 Å². The molecule has 8 rings (SSSR count). The molecule has 0 fully saturated rings. The third-order valence-corrected chi connectivity index (χ3v) is 9.33. The van der Waals surface area contributed by atoms with E-state index in [0.29, 0.717) is 0 Å². The predicted molar refractivity (Wildman–Crippen MR) is 195 cm³/mol. The molecule has 0 saturated heterocycles. The molecular formula is C42H37BN2O. The van der Waals surface area contributed by atoms with Crippen LogP contribution in [0.3, 0.4) is 0 Å². The molecule has 0 N–H and O–H groups in total. The highest BCUT2D eigenvalue weighted by molar-refractivity contribution is 6.99. The number of para-hydroxylation sites is 2. The molecule has 224 valence electrons. The van der Waals surface area contributed by atoms with Gasteiger partial charge in [0.2, 0.25) is 0 Å². The third kappa shape index (κ3) is 4.59. The van der Waals surface area contributed by atoms with Crippen LogP contribution in [0, 0.1) is 41.5 Å². The minimum atomic E-state index is 0.0652. The first kappa shape index (κ1) is 28.3. The fourth-order valence-electron chi connectivity index (χ4n) is 7.78. The van der Waals surface area contributed by atoms with Gasteiger partial charge < -0.3 is 14.5 Å². The van der Waals surface area contributed by atoms with Crippen molar-refractivity contribution in [2.45, 2.75) is 41.5 Å². The van der Waals surface area contributed by atoms with Crippen molar-refractivity contribution in [3.63, 3.8) is 0 Å². The number of fused-ring (bicyclic) bond motifs is 4. The van der Waals surface area contributed by atoms with Crippen LogP contribution in [0.2, 0.25) is 0 Å². The van der Waals surface area contributed by atoms with E-state index in [9.17, 15) is 0 Å². The summed E-state index contributed by atoms with van der Waals surface area (Å²) in [5, 5.41) is 0. The summed E-state index contributed by atoms with van der Waals surface area (Å²) in [6.45, 7) is 13.2. The van der Waals surface area contributed by atoms with E-state index < -0.39 is 0 Å². The lowest BCUT2D eigenvalue weighted by atomic mass is 9.33. The Labute approximate surface area is 272 Å². The summed E-state index contributed by atoms with van der Waals surface area (Å²) in [5.41, 5.74) is 18.1. The van der Waals surface area contributed by atoms with Gasteiger partial charge in [0.1, 0.15) is 11.5 Å². The van der Waals surface area contributed by atoms with Gasteiger partial charge in [-0.1, -0.05) is 60.2 Å². The van der Waals surface area contributed by atoms with Gasteiger partial charge in [-0.2, -0.15) is 0 Å². The Morgan fingerprint density at radius 3 is 1.70 bits per heavy atom. The zero-order chi connectivity index (χ0) is 31.7. The first-order valence-corrected chi connectivity index (χ1v) is 16.1. The van der Waals surface area contributed by atoms with Crippen LogP contribution in [-0.2, 0) is 0 Å². The fourth-order valence-corrected chi connectivity index (χ4v) is 7.78. The lowest BCUT2D eigenvalue weighted by molar-refractivity contribution is 0.487. The fraction of sp³-hybridized carbons (Fsp3) is 0.143. The molecule has 2 aliphatic heterocycles. The summed E-state index contributed by atoms with van der Waals surface area (Å²) in [6.07, 6.45) is 0. The minimum absolute atomic E-state index is 0.0652. The summed E-state index contributed by atoms with van der Waals surface area (Å²) in [4.78, 5) is 4.85. The maximum atomic E-state index is 6.89. The van der Waals surface area contributed by atoms with E-state index in [2.05, 4.69) is 167 Å². The average Bonchev–Trinajstić information content (AvgIpc) is 3.00. The highest BCUT2D eigenvalue weighted by Crippen LogP contribution is 2.46. The van der Waals surface area contributed by atoms with Crippen LogP contribution in [-0.4, -0.2) is 6.71 Å². The molecule has 0 spiro atoms. The molecule has 46 heavy (non-hydrogen) atoms. The van der Waals surface area contributed by atoms with Gasteiger partial charge in [-0.3, -0.25) is 0 Å². The third-order valence-electron chi connectivity index (χ3n) is 9.33. The van der Waals surface area contributed by atoms with Gasteiger partial charge in [0.15, 0.2) is 0 Å². The first-order valence-electron chi connectivity index (χ1n) is 16.1. The molecule has 6 aromatic carbocycles. The number of anilines is 6. The summed E-state index contributed by atoms with van der Waals surface area (Å²) in [5.74, 6) is 1.83. The van der Waals surface area contributed by atoms with Crippen molar-refractivity contribution >= 4 is 57.2 Å². The van der Waals surface area contributed by atoms with Crippen LogP contribution in [0.25, 0.3) is 0 Å². The van der Waals surface area contributed by atoms with Crippen molar-refractivity contribution in [1.82, 2.24) is 0 Å². The number of rotatable bonds is 4. The Kier molecular flexibility index (Phi) is 6.58. The van der Waals surface area contributed by atoms with Crippen LogP contribution in [0.1, 0.15) is 33.4 Å². The van der Waals surface area contributed by atoms with Crippen molar-refractivity contribution < 1.29 is 4.74 Å². The van der Waals surface area contributed by atoms with Gasteiger partial charge in [-0.15, -0.1) is 0 Å². The van der Waals surface area contributed by atoms with E-state index in [1.165, 1.54) is 55.5 Å². The summed E-state index contributed by atoms with van der Waals surface area (Å²) in [7, 11) is 0. The first-order chi connectivity index (χ1) is 22.2. The van der Waals surface area contributed by atoms with Gasteiger partial charge in [-0.05, 0) is 140 Å². The Hall–Kier alpha value is -5.22. The van der Waals surface area contributed by atoms with Gasteiger partial charge in [0, 0.05) is 34.5 Å². The van der Waals surface area contributed by atoms with Crippen molar-refractivity contribution in [1.29, 1.82) is 0 Å². The van der Waals surface area contributed by atoms with E-state index in [0.717, 1.165) is 39.9 Å². The molecule has 0 atom stereocenters. The lowest BCUT2D eigenvalue weighted by Gasteiger charge is -2.42. The Bertz CT molecular complexity index is 2080. The molecule has 0 aromatic heterocycles. The van der Waals surface area contributed by atoms with E-state index in [4.69, 9.17) is 4.74 Å². The van der Waals surface area contributed by atoms with Crippen LogP contribution in [0.5, 0.6) is 11.5 Å². The van der Waals surface area contributed by atoms with Crippen molar-refractivity contribution in [2.24, 2.45) is 0 Å². The molecule has 0 aliphatic carbocycles. The molecule has 0 saturated carbocycles. The number of aryl methyl sites for hydroxylation is 6. The van der Waals surface area contributed by atoms with E-state index in [-0.39, 0.29) is 6.71 Å². The topological polar surface area (TPSA) is 15.7 Å². The van der Waals surface area contributed by atoms with E-state index in [1.54, 1.807) is 0 Å². The van der Waals surface area contributed by atoms with Gasteiger partial charge in [-0.25, -0.2) is 0 Å². The van der Waals surface area contributed by atoms with Gasteiger partial charge in [0.25, 0.3) is 6.71 Å². The van der Waals surface area contributed by atoms with Crippen molar-refractivity contribution in [3.05, 3.63) is 149 Å². The normalized spacial score (nSPS) is 12.7. The van der Waals surface area contributed by atoms with Crippen LogP contribution in [0.15, 0.2) is 115 Å². The smallest absolute Gasteiger partial charge is 0.256 e. The zero-order valence-electron chi connectivity index (χ0n) is 27.3. The molecule has 4 heteroatoms. The second kappa shape index (κ2) is 10.7. The largest absolute Gasteiger partial charge is 0.458 e. The molecule has 6 aromatic rings. The molecular weight excluding hydrogens is 559 g/mol. The number of ether oxygens (including phenoxy) is 1. The van der Waals surface area contributed by atoms with E-state index in [1.807, 2.05) is 0 Å². The maximum Gasteiger partial charge on any atom is 0.256 e. The van der Waals surface area contributed by atoms with Crippen LogP contribution >= 0.6 is 0 Å². The maximum absolute atomic E-state index is 6.89. The Morgan fingerprint density at radius 1 is 0.500 bits per heavy atom. The second-order valence-corrected chi connectivity index (χ2v) is 13.2. The van der Waals surface area contributed by atoms with Gasteiger partial charge >= 0.3 is 0 Å².